The second-order valence-corrected chi connectivity index (χ2v) is 5.02. The highest BCUT2D eigenvalue weighted by atomic mass is 16.4. The highest BCUT2D eigenvalue weighted by Crippen LogP contribution is 2.28. The fraction of sp³-hybridized carbons (Fsp3) is 0.267. The molecule has 108 valence electrons. The molecular formula is C15H15N3O3. The molecule has 2 heterocycles. The first-order valence-corrected chi connectivity index (χ1v) is 6.74. The van der Waals surface area contributed by atoms with E-state index in [1.54, 1.807) is 4.90 Å². The Morgan fingerprint density at radius 2 is 2.05 bits per heavy atom. The van der Waals surface area contributed by atoms with Crippen LogP contribution in [0.25, 0.3) is 0 Å². The van der Waals surface area contributed by atoms with Gasteiger partial charge < -0.3 is 10.0 Å². The van der Waals surface area contributed by atoms with Crippen LogP contribution in [0, 0.1) is 0 Å². The van der Waals surface area contributed by atoms with Gasteiger partial charge in [0, 0.05) is 19.3 Å². The summed E-state index contributed by atoms with van der Waals surface area (Å²) in [5.41, 5.74) is 2.01. The monoisotopic (exact) mass is 285 g/mol. The van der Waals surface area contributed by atoms with Crippen LogP contribution in [0.4, 0.5) is 5.69 Å². The van der Waals surface area contributed by atoms with E-state index in [0.29, 0.717) is 6.54 Å². The van der Waals surface area contributed by atoms with Gasteiger partial charge in [0.1, 0.15) is 0 Å². The van der Waals surface area contributed by atoms with Crippen LogP contribution in [0.1, 0.15) is 32.8 Å². The van der Waals surface area contributed by atoms with Gasteiger partial charge in [-0.05, 0) is 24.5 Å². The number of carboxylic acid groups (broad SMARTS) is 1. The van der Waals surface area contributed by atoms with Gasteiger partial charge in [0.2, 0.25) is 0 Å². The minimum absolute atomic E-state index is 0.0805. The Labute approximate surface area is 121 Å². The highest BCUT2D eigenvalue weighted by Gasteiger charge is 2.28. The Morgan fingerprint density at radius 1 is 1.29 bits per heavy atom. The Morgan fingerprint density at radius 3 is 2.81 bits per heavy atom. The molecule has 1 aliphatic heterocycles. The molecule has 0 radical (unpaired) electrons. The van der Waals surface area contributed by atoms with Gasteiger partial charge >= 0.3 is 5.97 Å². The molecule has 0 aliphatic carbocycles. The maximum Gasteiger partial charge on any atom is 0.354 e. The van der Waals surface area contributed by atoms with Crippen LogP contribution < -0.4 is 4.90 Å². The van der Waals surface area contributed by atoms with E-state index in [-0.39, 0.29) is 17.2 Å². The number of aromatic carboxylic acids is 1. The summed E-state index contributed by atoms with van der Waals surface area (Å²) in [5, 5.41) is 13.1. The molecule has 2 aromatic rings. The van der Waals surface area contributed by atoms with Gasteiger partial charge in [-0.15, -0.1) is 0 Å². The number of aromatic nitrogens is 2. The van der Waals surface area contributed by atoms with E-state index in [0.717, 1.165) is 24.1 Å². The van der Waals surface area contributed by atoms with Gasteiger partial charge in [0.05, 0.1) is 11.8 Å². The van der Waals surface area contributed by atoms with Crippen LogP contribution >= 0.6 is 0 Å². The van der Waals surface area contributed by atoms with E-state index in [4.69, 9.17) is 0 Å². The summed E-state index contributed by atoms with van der Waals surface area (Å²) in [6.07, 6.45) is 3.12. The number of hydrogen-bond donors (Lipinski definition) is 1. The molecule has 0 fully saturated rings. The standard InChI is InChI=1S/C15H15N3O3/c1-17-13(15(20)21)11(9-16-17)14(19)18-8-4-6-10-5-2-3-7-12(10)18/h2-3,5,7,9H,4,6,8H2,1H3,(H,20,21). The van der Waals surface area contributed by atoms with Crippen molar-refractivity contribution in [2.75, 3.05) is 11.4 Å². The largest absolute Gasteiger partial charge is 0.477 e. The molecule has 1 N–H and O–H groups in total. The summed E-state index contributed by atoms with van der Waals surface area (Å²) in [6.45, 7) is 0.587. The molecule has 0 bridgehead atoms. The third kappa shape index (κ3) is 2.18. The summed E-state index contributed by atoms with van der Waals surface area (Å²) in [7, 11) is 1.52. The number of nitrogens with zero attached hydrogens (tertiary/aromatic N) is 3. The van der Waals surface area contributed by atoms with Crippen LogP contribution in [-0.4, -0.2) is 33.3 Å². The lowest BCUT2D eigenvalue weighted by Gasteiger charge is -2.29. The lowest BCUT2D eigenvalue weighted by atomic mass is 10.0. The Balaban J connectivity index is 2.03. The summed E-state index contributed by atoms with van der Waals surface area (Å²) in [5.74, 6) is -1.46. The van der Waals surface area contributed by atoms with Crippen molar-refractivity contribution < 1.29 is 14.7 Å². The number of fused-ring (bicyclic) bond motifs is 1. The highest BCUT2D eigenvalue weighted by molar-refractivity contribution is 6.11. The number of carbonyl (C=O) groups excluding carboxylic acids is 1. The minimum Gasteiger partial charge on any atom is -0.477 e. The predicted octanol–water partition coefficient (Wildman–Crippen LogP) is 1.71. The molecule has 1 aliphatic rings. The zero-order valence-corrected chi connectivity index (χ0v) is 11.6. The Hall–Kier alpha value is -2.63. The number of para-hydroxylation sites is 1. The van der Waals surface area contributed by atoms with E-state index in [9.17, 15) is 14.7 Å². The molecule has 0 unspecified atom stereocenters. The Kier molecular flexibility index (Phi) is 3.21. The molecule has 1 aromatic carbocycles. The molecular weight excluding hydrogens is 270 g/mol. The maximum absolute atomic E-state index is 12.7. The lowest BCUT2D eigenvalue weighted by Crippen LogP contribution is -2.36. The number of aryl methyl sites for hydroxylation is 2. The van der Waals surface area contributed by atoms with Crippen molar-refractivity contribution in [3.05, 3.63) is 47.3 Å². The number of benzene rings is 1. The number of anilines is 1. The van der Waals surface area contributed by atoms with Crippen LogP contribution in [0.3, 0.4) is 0 Å². The third-order valence-corrected chi connectivity index (χ3v) is 3.73. The molecule has 3 rings (SSSR count). The zero-order valence-electron chi connectivity index (χ0n) is 11.6. The average molecular weight is 285 g/mol. The van der Waals surface area contributed by atoms with Crippen molar-refractivity contribution in [3.8, 4) is 0 Å². The number of carbonyl (C=O) groups is 2. The summed E-state index contributed by atoms with van der Waals surface area (Å²) < 4.78 is 1.21. The minimum atomic E-state index is -1.15. The quantitative estimate of drug-likeness (QED) is 0.911. The van der Waals surface area contributed by atoms with Crippen LogP contribution in [0.5, 0.6) is 0 Å². The van der Waals surface area contributed by atoms with Gasteiger partial charge in [-0.25, -0.2) is 4.79 Å². The van der Waals surface area contributed by atoms with Gasteiger partial charge in [-0.2, -0.15) is 5.10 Å². The van der Waals surface area contributed by atoms with Crippen LogP contribution in [0.2, 0.25) is 0 Å². The maximum atomic E-state index is 12.7. The average Bonchev–Trinajstić information content (AvgIpc) is 2.88. The molecule has 21 heavy (non-hydrogen) atoms. The van der Waals surface area contributed by atoms with E-state index >= 15 is 0 Å². The van der Waals surface area contributed by atoms with Crippen molar-refractivity contribution >= 4 is 17.6 Å². The summed E-state index contributed by atoms with van der Waals surface area (Å²) in [6, 6.07) is 7.71. The molecule has 1 amide bonds. The van der Waals surface area contributed by atoms with Crippen molar-refractivity contribution in [2.24, 2.45) is 7.05 Å². The Bertz CT molecular complexity index is 721. The zero-order chi connectivity index (χ0) is 15.0. The first-order chi connectivity index (χ1) is 10.1. The first kappa shape index (κ1) is 13.4. The van der Waals surface area contributed by atoms with Gasteiger partial charge in [-0.3, -0.25) is 9.48 Å². The molecule has 0 atom stereocenters. The van der Waals surface area contributed by atoms with Gasteiger partial charge in [0.25, 0.3) is 5.91 Å². The van der Waals surface area contributed by atoms with Crippen LogP contribution in [0.15, 0.2) is 30.5 Å². The lowest BCUT2D eigenvalue weighted by molar-refractivity contribution is 0.0680. The second-order valence-electron chi connectivity index (χ2n) is 5.02. The first-order valence-electron chi connectivity index (χ1n) is 6.74. The smallest absolute Gasteiger partial charge is 0.354 e. The molecule has 6 heteroatoms. The number of carboxylic acids is 1. The van der Waals surface area contributed by atoms with Crippen molar-refractivity contribution in [3.63, 3.8) is 0 Å². The van der Waals surface area contributed by atoms with Gasteiger partial charge in [0.15, 0.2) is 5.69 Å². The number of rotatable bonds is 2. The number of amides is 1. The SMILES string of the molecule is Cn1ncc(C(=O)N2CCCc3ccccc32)c1C(=O)O. The second kappa shape index (κ2) is 5.05. The van der Waals surface area contributed by atoms with E-state index < -0.39 is 5.97 Å². The number of hydrogen-bond acceptors (Lipinski definition) is 3. The van der Waals surface area contributed by atoms with Crippen molar-refractivity contribution in [2.45, 2.75) is 12.8 Å². The van der Waals surface area contributed by atoms with Crippen molar-refractivity contribution in [1.82, 2.24) is 9.78 Å². The molecule has 0 saturated heterocycles. The fourth-order valence-electron chi connectivity index (χ4n) is 2.74. The molecule has 1 aromatic heterocycles. The van der Waals surface area contributed by atoms with Crippen LogP contribution in [-0.2, 0) is 13.5 Å². The molecule has 0 saturated carbocycles. The molecule has 6 nitrogen and oxygen atoms in total. The third-order valence-electron chi connectivity index (χ3n) is 3.73. The predicted molar refractivity (Wildman–Crippen MR) is 76.6 cm³/mol. The van der Waals surface area contributed by atoms with E-state index in [1.807, 2.05) is 24.3 Å². The van der Waals surface area contributed by atoms with Gasteiger partial charge in [-0.1, -0.05) is 18.2 Å². The van der Waals surface area contributed by atoms with E-state index in [2.05, 4.69) is 5.10 Å². The van der Waals surface area contributed by atoms with Crippen molar-refractivity contribution in [1.29, 1.82) is 0 Å². The molecule has 0 spiro atoms. The normalized spacial score (nSPS) is 13.9. The summed E-state index contributed by atoms with van der Waals surface area (Å²) >= 11 is 0. The fourth-order valence-corrected chi connectivity index (χ4v) is 2.74. The summed E-state index contributed by atoms with van der Waals surface area (Å²) in [4.78, 5) is 25.7. The topological polar surface area (TPSA) is 75.4 Å². The van der Waals surface area contributed by atoms with E-state index in [1.165, 1.54) is 17.9 Å².